The molecule has 11 heteroatoms. The Bertz CT molecular complexity index is 1200. The molecule has 0 aliphatic heterocycles. The lowest BCUT2D eigenvalue weighted by atomic mass is 9.92. The summed E-state index contributed by atoms with van der Waals surface area (Å²) in [6.45, 7) is -0.0364. The maximum absolute atomic E-state index is 12.7. The van der Waals surface area contributed by atoms with Crippen LogP contribution in [0.3, 0.4) is 0 Å². The number of hydrogen-bond donors (Lipinski definition) is 1. The second-order valence-corrected chi connectivity index (χ2v) is 7.02. The lowest BCUT2D eigenvalue weighted by Crippen LogP contribution is -2.08. The van der Waals surface area contributed by atoms with Gasteiger partial charge in [0.1, 0.15) is 12.0 Å². The van der Waals surface area contributed by atoms with Crippen molar-refractivity contribution in [3.8, 4) is 17.2 Å². The number of halogens is 3. The molecular formula is C22H16F3N3O5. The van der Waals surface area contributed by atoms with Crippen molar-refractivity contribution in [2.45, 2.75) is 25.1 Å². The molecular weight excluding hydrogens is 443 g/mol. The number of nitrogens with zero attached hydrogens (tertiary/aromatic N) is 3. The van der Waals surface area contributed by atoms with Crippen molar-refractivity contribution >= 4 is 5.97 Å². The molecule has 4 aromatic rings. The van der Waals surface area contributed by atoms with E-state index in [-0.39, 0.29) is 24.7 Å². The molecule has 0 amide bonds. The largest absolute Gasteiger partial charge is 0.485 e. The van der Waals surface area contributed by atoms with Crippen molar-refractivity contribution in [2.75, 3.05) is 0 Å². The molecule has 1 N–H and O–H groups in total. The minimum absolute atomic E-state index is 0.0364. The van der Waals surface area contributed by atoms with Gasteiger partial charge >= 0.3 is 12.1 Å². The molecule has 1 atom stereocenters. The number of rotatable bonds is 8. The van der Waals surface area contributed by atoms with E-state index in [9.17, 15) is 23.1 Å². The third-order valence-electron chi connectivity index (χ3n) is 4.77. The second-order valence-electron chi connectivity index (χ2n) is 7.02. The van der Waals surface area contributed by atoms with Gasteiger partial charge in [0, 0.05) is 17.5 Å². The number of carboxylic acid groups (broad SMARTS) is 1. The van der Waals surface area contributed by atoms with Crippen molar-refractivity contribution in [3.05, 3.63) is 83.5 Å². The van der Waals surface area contributed by atoms with E-state index in [0.29, 0.717) is 17.0 Å². The molecule has 0 bridgehead atoms. The summed E-state index contributed by atoms with van der Waals surface area (Å²) in [7, 11) is 0. The zero-order valence-corrected chi connectivity index (χ0v) is 16.8. The minimum Gasteiger partial charge on any atom is -0.485 e. The number of alkyl halides is 3. The molecule has 0 saturated heterocycles. The van der Waals surface area contributed by atoms with Gasteiger partial charge in [-0.15, -0.1) is 0 Å². The average molecular weight is 459 g/mol. The van der Waals surface area contributed by atoms with Crippen LogP contribution in [0.4, 0.5) is 13.2 Å². The van der Waals surface area contributed by atoms with Crippen LogP contribution in [0.1, 0.15) is 35.0 Å². The Hall–Kier alpha value is -4.15. The quantitative estimate of drug-likeness (QED) is 0.395. The Morgan fingerprint density at radius 3 is 2.36 bits per heavy atom. The number of hydrogen-bond acceptors (Lipinski definition) is 7. The van der Waals surface area contributed by atoms with E-state index >= 15 is 0 Å². The van der Waals surface area contributed by atoms with E-state index in [0.717, 1.165) is 17.7 Å². The van der Waals surface area contributed by atoms with E-state index in [1.54, 1.807) is 30.3 Å². The summed E-state index contributed by atoms with van der Waals surface area (Å²) in [4.78, 5) is 15.3. The molecule has 0 unspecified atom stereocenters. The highest BCUT2D eigenvalue weighted by Gasteiger charge is 2.30. The van der Waals surface area contributed by atoms with Gasteiger partial charge in [0.2, 0.25) is 5.82 Å². The molecule has 0 fully saturated rings. The summed E-state index contributed by atoms with van der Waals surface area (Å²) in [5, 5.41) is 16.8. The van der Waals surface area contributed by atoms with Gasteiger partial charge in [0.15, 0.2) is 6.61 Å². The molecule has 2 aromatic carbocycles. The number of benzene rings is 2. The predicted molar refractivity (Wildman–Crippen MR) is 106 cm³/mol. The van der Waals surface area contributed by atoms with Gasteiger partial charge in [-0.1, -0.05) is 22.4 Å². The molecule has 33 heavy (non-hydrogen) atoms. The second kappa shape index (κ2) is 9.15. The first-order valence-electron chi connectivity index (χ1n) is 9.64. The lowest BCUT2D eigenvalue weighted by molar-refractivity contribution is -0.138. The van der Waals surface area contributed by atoms with Crippen molar-refractivity contribution in [1.82, 2.24) is 15.3 Å². The van der Waals surface area contributed by atoms with Crippen LogP contribution in [0.25, 0.3) is 11.5 Å². The van der Waals surface area contributed by atoms with Gasteiger partial charge in [-0.05, 0) is 42.0 Å². The van der Waals surface area contributed by atoms with Crippen LogP contribution < -0.4 is 4.74 Å². The Labute approximate surface area is 184 Å². The molecule has 170 valence electrons. The molecule has 0 saturated carbocycles. The zero-order chi connectivity index (χ0) is 23.4. The summed E-state index contributed by atoms with van der Waals surface area (Å²) < 4.78 is 53.6. The zero-order valence-electron chi connectivity index (χ0n) is 16.8. The van der Waals surface area contributed by atoms with Crippen LogP contribution in [0, 0.1) is 0 Å². The Morgan fingerprint density at radius 1 is 1.03 bits per heavy atom. The number of aliphatic carboxylic acids is 1. The summed E-state index contributed by atoms with van der Waals surface area (Å²) in [5.41, 5.74) is 0.812. The third kappa shape index (κ3) is 5.37. The van der Waals surface area contributed by atoms with Crippen molar-refractivity contribution < 1.29 is 36.9 Å². The first kappa shape index (κ1) is 22.1. The molecule has 2 heterocycles. The Balaban J connectivity index is 1.40. The van der Waals surface area contributed by atoms with Crippen LogP contribution in [-0.2, 0) is 17.6 Å². The number of carbonyl (C=O) groups is 1. The summed E-state index contributed by atoms with van der Waals surface area (Å²) in [6, 6.07) is 12.8. The van der Waals surface area contributed by atoms with Crippen LogP contribution in [0.2, 0.25) is 0 Å². The van der Waals surface area contributed by atoms with Crippen molar-refractivity contribution in [3.63, 3.8) is 0 Å². The first-order valence-corrected chi connectivity index (χ1v) is 9.64. The van der Waals surface area contributed by atoms with E-state index < -0.39 is 23.6 Å². The van der Waals surface area contributed by atoms with Crippen molar-refractivity contribution in [2.24, 2.45) is 0 Å². The topological polar surface area (TPSA) is 111 Å². The first-order chi connectivity index (χ1) is 15.8. The van der Waals surface area contributed by atoms with E-state index in [1.807, 2.05) is 0 Å². The highest BCUT2D eigenvalue weighted by atomic mass is 19.4. The summed E-state index contributed by atoms with van der Waals surface area (Å²) in [6.07, 6.45) is -3.20. The lowest BCUT2D eigenvalue weighted by Gasteiger charge is -2.13. The fourth-order valence-corrected chi connectivity index (χ4v) is 3.15. The summed E-state index contributed by atoms with van der Waals surface area (Å²) in [5.74, 6) is -0.681. The molecule has 0 aliphatic rings. The number of ether oxygens (including phenoxy) is 1. The molecule has 0 spiro atoms. The smallest absolute Gasteiger partial charge is 0.416 e. The average Bonchev–Trinajstić information content (AvgIpc) is 3.48. The predicted octanol–water partition coefficient (Wildman–Crippen LogP) is 4.93. The number of aromatic nitrogens is 3. The van der Waals surface area contributed by atoms with Crippen LogP contribution in [0.5, 0.6) is 5.75 Å². The van der Waals surface area contributed by atoms with Gasteiger partial charge in [-0.3, -0.25) is 4.79 Å². The SMILES string of the molecule is O=C(O)C[C@@H](c1ccc(OCc2noc(-c3ccc(C(F)(F)F)cc3)n2)cc1)c1ccon1. The molecule has 0 radical (unpaired) electrons. The molecule has 2 aromatic heterocycles. The van der Waals surface area contributed by atoms with Gasteiger partial charge in [-0.2, -0.15) is 18.2 Å². The van der Waals surface area contributed by atoms with Crippen LogP contribution in [0.15, 0.2) is 69.9 Å². The third-order valence-corrected chi connectivity index (χ3v) is 4.77. The van der Waals surface area contributed by atoms with Gasteiger partial charge in [0.05, 0.1) is 17.7 Å². The van der Waals surface area contributed by atoms with E-state index in [2.05, 4.69) is 15.3 Å². The normalized spacial score (nSPS) is 12.5. The van der Waals surface area contributed by atoms with Crippen LogP contribution in [-0.4, -0.2) is 26.4 Å². The highest BCUT2D eigenvalue weighted by molar-refractivity contribution is 5.68. The monoisotopic (exact) mass is 459 g/mol. The Morgan fingerprint density at radius 2 is 1.76 bits per heavy atom. The molecule has 8 nitrogen and oxygen atoms in total. The van der Waals surface area contributed by atoms with Crippen molar-refractivity contribution in [1.29, 1.82) is 0 Å². The van der Waals surface area contributed by atoms with Gasteiger partial charge < -0.3 is 18.9 Å². The number of carboxylic acids is 1. The van der Waals surface area contributed by atoms with E-state index in [4.69, 9.17) is 13.8 Å². The standard InChI is InChI=1S/C22H16F3N3O5/c23-22(24,25)15-5-1-14(2-6-15)21-26-19(28-33-21)12-31-16-7-3-13(4-8-16)17(11-20(29)30)18-9-10-32-27-18/h1-10,17H,11-12H2,(H,29,30)/t17-/m0/s1. The highest BCUT2D eigenvalue weighted by Crippen LogP contribution is 2.31. The van der Waals surface area contributed by atoms with Gasteiger partial charge in [0.25, 0.3) is 5.89 Å². The fourth-order valence-electron chi connectivity index (χ4n) is 3.15. The summed E-state index contributed by atoms with van der Waals surface area (Å²) >= 11 is 0. The van der Waals surface area contributed by atoms with E-state index in [1.165, 1.54) is 18.4 Å². The molecule has 0 aliphatic carbocycles. The maximum Gasteiger partial charge on any atom is 0.416 e. The van der Waals surface area contributed by atoms with Gasteiger partial charge in [-0.25, -0.2) is 0 Å². The molecule has 4 rings (SSSR count). The fraction of sp³-hybridized carbons (Fsp3) is 0.182. The minimum atomic E-state index is -4.43. The van der Waals surface area contributed by atoms with Crippen LogP contribution >= 0.6 is 0 Å². The maximum atomic E-state index is 12.7. The Kier molecular flexibility index (Phi) is 6.11.